The topological polar surface area (TPSA) is 109 Å². The second kappa shape index (κ2) is 9.35. The minimum atomic E-state index is -0.705. The molecule has 0 saturated heterocycles. The molecule has 32 heavy (non-hydrogen) atoms. The summed E-state index contributed by atoms with van der Waals surface area (Å²) in [5, 5.41) is 15.7. The monoisotopic (exact) mass is 458 g/mol. The number of aromatic nitrogens is 3. The number of hydrogen-bond acceptors (Lipinski definition) is 6. The van der Waals surface area contributed by atoms with E-state index in [1.165, 1.54) is 18.5 Å². The Kier molecular flexibility index (Phi) is 6.78. The fourth-order valence-corrected chi connectivity index (χ4v) is 3.82. The molecule has 3 rings (SSSR count). The number of carbonyl (C=O) groups is 2. The fourth-order valence-electron chi connectivity index (χ4n) is 3.62. The van der Waals surface area contributed by atoms with Crippen molar-refractivity contribution in [2.75, 3.05) is 6.61 Å². The number of esters is 1. The number of ether oxygens (including phenoxy) is 1. The molecule has 0 unspecified atom stereocenters. The fraction of sp³-hybridized carbons (Fsp3) is 0.318. The zero-order valence-electron chi connectivity index (χ0n) is 18.2. The van der Waals surface area contributed by atoms with E-state index in [0.29, 0.717) is 17.1 Å². The molecule has 0 atom stereocenters. The van der Waals surface area contributed by atoms with Crippen molar-refractivity contribution in [3.05, 3.63) is 79.4 Å². The van der Waals surface area contributed by atoms with E-state index in [9.17, 15) is 19.7 Å². The van der Waals surface area contributed by atoms with Gasteiger partial charge in [-0.05, 0) is 45.4 Å². The van der Waals surface area contributed by atoms with Gasteiger partial charge in [0.25, 0.3) is 0 Å². The van der Waals surface area contributed by atoms with Crippen molar-refractivity contribution in [2.45, 2.75) is 40.8 Å². The van der Waals surface area contributed by atoms with E-state index >= 15 is 0 Å². The summed E-state index contributed by atoms with van der Waals surface area (Å²) in [6, 6.07) is 9.25. The normalized spacial score (nSPS) is 10.9. The van der Waals surface area contributed by atoms with E-state index in [1.54, 1.807) is 6.07 Å². The summed E-state index contributed by atoms with van der Waals surface area (Å²) in [5.74, 6) is -1.04. The number of nitro groups is 1. The maximum Gasteiger partial charge on any atom is 0.328 e. The summed E-state index contributed by atoms with van der Waals surface area (Å²) in [4.78, 5) is 35.4. The van der Waals surface area contributed by atoms with Gasteiger partial charge in [-0.1, -0.05) is 29.8 Å². The molecule has 0 saturated carbocycles. The average molecular weight is 459 g/mol. The molecule has 0 aliphatic carbocycles. The number of carbonyl (C=O) groups excluding carboxylic acids is 2. The van der Waals surface area contributed by atoms with Gasteiger partial charge in [-0.3, -0.25) is 24.4 Å². The molecule has 0 amide bonds. The Labute approximate surface area is 189 Å². The second-order valence-corrected chi connectivity index (χ2v) is 7.89. The van der Waals surface area contributed by atoms with Crippen LogP contribution in [0.1, 0.15) is 38.7 Å². The van der Waals surface area contributed by atoms with E-state index in [2.05, 4.69) is 5.10 Å². The van der Waals surface area contributed by atoms with Crippen LogP contribution in [0.25, 0.3) is 0 Å². The average Bonchev–Trinajstić information content (AvgIpc) is 3.17. The summed E-state index contributed by atoms with van der Waals surface area (Å²) in [7, 11) is 0. The number of ketones is 1. The van der Waals surface area contributed by atoms with Crippen LogP contribution in [0.5, 0.6) is 0 Å². The van der Waals surface area contributed by atoms with Gasteiger partial charge in [0.05, 0.1) is 4.92 Å². The second-order valence-electron chi connectivity index (χ2n) is 7.48. The number of halogens is 1. The first-order chi connectivity index (χ1) is 15.1. The predicted octanol–water partition coefficient (Wildman–Crippen LogP) is 3.95. The van der Waals surface area contributed by atoms with Crippen LogP contribution < -0.4 is 0 Å². The standard InChI is InChI=1S/C22H23ClN4O5/c1-13-9-18(15(3)25(13)10-17-7-5-6-8-19(17)23)20(28)12-32-21(29)11-26-16(4)22(27(30)31)14(2)24-26/h5-9H,10-12H2,1-4H3. The lowest BCUT2D eigenvalue weighted by Crippen LogP contribution is -2.20. The lowest BCUT2D eigenvalue weighted by atomic mass is 10.1. The minimum absolute atomic E-state index is 0.139. The smallest absolute Gasteiger partial charge is 0.328 e. The van der Waals surface area contributed by atoms with E-state index in [1.807, 2.05) is 42.7 Å². The third-order valence-electron chi connectivity index (χ3n) is 5.33. The van der Waals surface area contributed by atoms with Crippen LogP contribution in [-0.2, 0) is 22.6 Å². The van der Waals surface area contributed by atoms with Gasteiger partial charge in [-0.15, -0.1) is 0 Å². The molecule has 0 spiro atoms. The SMILES string of the molecule is Cc1nn(CC(=O)OCC(=O)c2cc(C)n(Cc3ccccc3Cl)c2C)c(C)c1[N+](=O)[O-]. The van der Waals surface area contributed by atoms with Crippen LogP contribution in [0.4, 0.5) is 5.69 Å². The minimum Gasteiger partial charge on any atom is -0.456 e. The molecular formula is C22H23ClN4O5. The Morgan fingerprint density at radius 1 is 1.16 bits per heavy atom. The molecule has 3 aromatic rings. The maximum absolute atomic E-state index is 12.7. The Hall–Kier alpha value is -3.46. The number of hydrogen-bond donors (Lipinski definition) is 0. The van der Waals surface area contributed by atoms with Crippen molar-refractivity contribution < 1.29 is 19.2 Å². The Bertz CT molecular complexity index is 1210. The van der Waals surface area contributed by atoms with Crippen molar-refractivity contribution in [3.63, 3.8) is 0 Å². The van der Waals surface area contributed by atoms with Crippen LogP contribution in [0.2, 0.25) is 5.02 Å². The Morgan fingerprint density at radius 2 is 1.84 bits per heavy atom. The first-order valence-corrected chi connectivity index (χ1v) is 10.2. The summed E-state index contributed by atoms with van der Waals surface area (Å²) in [6.45, 7) is 6.48. The van der Waals surface area contributed by atoms with Crippen LogP contribution >= 0.6 is 11.6 Å². The van der Waals surface area contributed by atoms with Gasteiger partial charge >= 0.3 is 11.7 Å². The molecule has 10 heteroatoms. The Morgan fingerprint density at radius 3 is 2.47 bits per heavy atom. The summed E-state index contributed by atoms with van der Waals surface area (Å²) in [5.41, 5.74) is 3.34. The third kappa shape index (κ3) is 4.72. The lowest BCUT2D eigenvalue weighted by molar-refractivity contribution is -0.386. The van der Waals surface area contributed by atoms with Gasteiger partial charge in [-0.2, -0.15) is 5.10 Å². The Balaban J connectivity index is 1.67. The molecule has 0 N–H and O–H groups in total. The van der Waals surface area contributed by atoms with Gasteiger partial charge < -0.3 is 9.30 Å². The highest BCUT2D eigenvalue weighted by Crippen LogP contribution is 2.23. The molecule has 2 heterocycles. The summed E-state index contributed by atoms with van der Waals surface area (Å²) in [6.07, 6.45) is 0. The van der Waals surface area contributed by atoms with E-state index < -0.39 is 17.5 Å². The van der Waals surface area contributed by atoms with Gasteiger partial charge in [0.15, 0.2) is 6.61 Å². The number of nitrogens with zero attached hydrogens (tertiary/aromatic N) is 4. The summed E-state index contributed by atoms with van der Waals surface area (Å²) >= 11 is 6.26. The molecule has 0 bridgehead atoms. The van der Waals surface area contributed by atoms with Crippen molar-refractivity contribution in [2.24, 2.45) is 0 Å². The van der Waals surface area contributed by atoms with Crippen molar-refractivity contribution in [1.29, 1.82) is 0 Å². The predicted molar refractivity (Wildman–Crippen MR) is 118 cm³/mol. The molecule has 0 fully saturated rings. The van der Waals surface area contributed by atoms with Crippen molar-refractivity contribution in [3.8, 4) is 0 Å². The number of aryl methyl sites for hydroxylation is 2. The highest BCUT2D eigenvalue weighted by molar-refractivity contribution is 6.31. The molecule has 9 nitrogen and oxygen atoms in total. The molecule has 2 aromatic heterocycles. The highest BCUT2D eigenvalue weighted by atomic mass is 35.5. The summed E-state index contributed by atoms with van der Waals surface area (Å²) < 4.78 is 8.30. The molecule has 1 aromatic carbocycles. The third-order valence-corrected chi connectivity index (χ3v) is 5.70. The van der Waals surface area contributed by atoms with Crippen LogP contribution in [-0.4, -0.2) is 37.6 Å². The maximum atomic E-state index is 12.7. The molecule has 0 aliphatic heterocycles. The lowest BCUT2D eigenvalue weighted by Gasteiger charge is -2.11. The van der Waals surface area contributed by atoms with Crippen molar-refractivity contribution >= 4 is 29.0 Å². The largest absolute Gasteiger partial charge is 0.456 e. The van der Waals surface area contributed by atoms with Gasteiger partial charge in [0.1, 0.15) is 17.9 Å². The van der Waals surface area contributed by atoms with Crippen LogP contribution in [0, 0.1) is 37.8 Å². The number of Topliss-reactive ketones (excluding diaryl/α,β-unsaturated/α-hetero) is 1. The molecular weight excluding hydrogens is 436 g/mol. The van der Waals surface area contributed by atoms with E-state index in [0.717, 1.165) is 17.0 Å². The molecule has 0 aliphatic rings. The van der Waals surface area contributed by atoms with Crippen LogP contribution in [0.3, 0.4) is 0 Å². The van der Waals surface area contributed by atoms with Gasteiger partial charge in [0, 0.05) is 28.5 Å². The van der Waals surface area contributed by atoms with E-state index in [-0.39, 0.29) is 29.4 Å². The van der Waals surface area contributed by atoms with Gasteiger partial charge in [0.2, 0.25) is 5.78 Å². The van der Waals surface area contributed by atoms with Crippen molar-refractivity contribution in [1.82, 2.24) is 14.3 Å². The van der Waals surface area contributed by atoms with Crippen LogP contribution in [0.15, 0.2) is 30.3 Å². The highest BCUT2D eigenvalue weighted by Gasteiger charge is 2.24. The first-order valence-electron chi connectivity index (χ1n) is 9.87. The molecule has 0 radical (unpaired) electrons. The quantitative estimate of drug-likeness (QED) is 0.219. The zero-order chi connectivity index (χ0) is 23.6. The first kappa shape index (κ1) is 23.2. The number of rotatable bonds is 8. The molecule has 168 valence electrons. The van der Waals surface area contributed by atoms with E-state index in [4.69, 9.17) is 16.3 Å². The van der Waals surface area contributed by atoms with Gasteiger partial charge in [-0.25, -0.2) is 0 Å². The number of benzene rings is 1. The zero-order valence-corrected chi connectivity index (χ0v) is 19.0.